The second-order valence-corrected chi connectivity index (χ2v) is 7.19. The number of piperidine rings is 1. The fraction of sp³-hybridized carbons (Fsp3) is 0.611. The zero-order valence-electron chi connectivity index (χ0n) is 14.2. The van der Waals surface area contributed by atoms with Gasteiger partial charge in [0, 0.05) is 38.3 Å². The lowest BCUT2D eigenvalue weighted by molar-refractivity contribution is -0.119. The van der Waals surface area contributed by atoms with Crippen molar-refractivity contribution in [2.75, 3.05) is 13.1 Å². The molecule has 2 rings (SSSR count). The maximum atomic E-state index is 12.2. The summed E-state index contributed by atoms with van der Waals surface area (Å²) in [6.45, 7) is 6.95. The monoisotopic (exact) mass is 318 g/mol. The average molecular weight is 318 g/mol. The van der Waals surface area contributed by atoms with Crippen LogP contribution >= 0.6 is 0 Å². The Morgan fingerprint density at radius 2 is 1.83 bits per heavy atom. The SMILES string of the molecule is CC(C)(C)OC(=O)N1CCC(CC(=O)Cc2ccncc2)CC1. The molecule has 0 unspecified atom stereocenters. The standard InChI is InChI=1S/C18H26N2O3/c1-18(2,3)23-17(22)20-10-6-15(7-11-20)13-16(21)12-14-4-8-19-9-5-14/h4-5,8-9,15H,6-7,10-13H2,1-3H3. The van der Waals surface area contributed by atoms with E-state index in [2.05, 4.69) is 4.98 Å². The summed E-state index contributed by atoms with van der Waals surface area (Å²) in [5.41, 5.74) is 0.547. The Balaban J connectivity index is 1.74. The van der Waals surface area contributed by atoms with Crippen molar-refractivity contribution in [3.63, 3.8) is 0 Å². The van der Waals surface area contributed by atoms with E-state index in [1.807, 2.05) is 32.9 Å². The van der Waals surface area contributed by atoms with Crippen molar-refractivity contribution in [2.45, 2.75) is 52.1 Å². The zero-order valence-corrected chi connectivity index (χ0v) is 14.2. The molecule has 1 aromatic rings. The van der Waals surface area contributed by atoms with Crippen LogP contribution in [0.1, 0.15) is 45.6 Å². The minimum atomic E-state index is -0.464. The largest absolute Gasteiger partial charge is 0.444 e. The molecule has 1 aliphatic heterocycles. The summed E-state index contributed by atoms with van der Waals surface area (Å²) in [4.78, 5) is 29.9. The van der Waals surface area contributed by atoms with Crippen LogP contribution in [-0.2, 0) is 16.0 Å². The second-order valence-electron chi connectivity index (χ2n) is 7.19. The van der Waals surface area contributed by atoms with E-state index in [9.17, 15) is 9.59 Å². The van der Waals surface area contributed by atoms with Gasteiger partial charge < -0.3 is 9.64 Å². The fourth-order valence-electron chi connectivity index (χ4n) is 2.77. The van der Waals surface area contributed by atoms with Crippen LogP contribution in [0.3, 0.4) is 0 Å². The molecule has 1 amide bonds. The predicted octanol–water partition coefficient (Wildman–Crippen LogP) is 3.23. The summed E-state index contributed by atoms with van der Waals surface area (Å²) < 4.78 is 5.39. The molecule has 0 aromatic carbocycles. The van der Waals surface area contributed by atoms with Gasteiger partial charge in [-0.2, -0.15) is 0 Å². The first-order valence-electron chi connectivity index (χ1n) is 8.22. The molecule has 5 heteroatoms. The number of aromatic nitrogens is 1. The number of pyridine rings is 1. The van der Waals surface area contributed by atoms with Gasteiger partial charge in [0.25, 0.3) is 0 Å². The smallest absolute Gasteiger partial charge is 0.410 e. The highest BCUT2D eigenvalue weighted by atomic mass is 16.6. The molecule has 0 spiro atoms. The van der Waals surface area contributed by atoms with Crippen LogP contribution in [0.2, 0.25) is 0 Å². The molecule has 0 N–H and O–H groups in total. The maximum Gasteiger partial charge on any atom is 0.410 e. The molecule has 5 nitrogen and oxygen atoms in total. The number of hydrogen-bond acceptors (Lipinski definition) is 4. The normalized spacial score (nSPS) is 16.2. The van der Waals surface area contributed by atoms with Gasteiger partial charge >= 0.3 is 6.09 Å². The number of carbonyl (C=O) groups is 2. The van der Waals surface area contributed by atoms with E-state index in [-0.39, 0.29) is 11.9 Å². The molecule has 0 atom stereocenters. The molecule has 1 aliphatic rings. The topological polar surface area (TPSA) is 59.5 Å². The summed E-state index contributed by atoms with van der Waals surface area (Å²) in [6, 6.07) is 3.76. The number of rotatable bonds is 4. The number of amides is 1. The first kappa shape index (κ1) is 17.4. The molecular formula is C18H26N2O3. The molecular weight excluding hydrogens is 292 g/mol. The fourth-order valence-corrected chi connectivity index (χ4v) is 2.77. The number of likely N-dealkylation sites (tertiary alicyclic amines) is 1. The van der Waals surface area contributed by atoms with Gasteiger partial charge in [0.15, 0.2) is 0 Å². The maximum absolute atomic E-state index is 12.2. The van der Waals surface area contributed by atoms with Crippen LogP contribution in [-0.4, -0.2) is 40.5 Å². The molecule has 2 heterocycles. The lowest BCUT2D eigenvalue weighted by Crippen LogP contribution is -2.42. The molecule has 0 aliphatic carbocycles. The molecule has 1 aromatic heterocycles. The van der Waals surface area contributed by atoms with Gasteiger partial charge in [-0.15, -0.1) is 0 Å². The number of hydrogen-bond donors (Lipinski definition) is 0. The van der Waals surface area contributed by atoms with Crippen molar-refractivity contribution in [3.8, 4) is 0 Å². The first-order valence-corrected chi connectivity index (χ1v) is 8.22. The van der Waals surface area contributed by atoms with E-state index in [1.165, 1.54) is 0 Å². The van der Waals surface area contributed by atoms with Crippen molar-refractivity contribution >= 4 is 11.9 Å². The minimum absolute atomic E-state index is 0.251. The average Bonchev–Trinajstić information content (AvgIpc) is 2.47. The van der Waals surface area contributed by atoms with Crippen LogP contribution in [0.5, 0.6) is 0 Å². The molecule has 126 valence electrons. The number of Topliss-reactive ketones (excluding diaryl/α,β-unsaturated/α-hetero) is 1. The van der Waals surface area contributed by atoms with Crippen LogP contribution in [0.25, 0.3) is 0 Å². The summed E-state index contributed by atoms with van der Waals surface area (Å²) in [5.74, 6) is 0.620. The Labute approximate surface area is 138 Å². The third kappa shape index (κ3) is 6.00. The molecule has 0 radical (unpaired) electrons. The van der Waals surface area contributed by atoms with Gasteiger partial charge in [-0.1, -0.05) is 0 Å². The number of nitrogens with zero attached hydrogens (tertiary/aromatic N) is 2. The van der Waals surface area contributed by atoms with Crippen molar-refractivity contribution < 1.29 is 14.3 Å². The zero-order chi connectivity index (χ0) is 16.9. The first-order chi connectivity index (χ1) is 10.8. The summed E-state index contributed by atoms with van der Waals surface area (Å²) in [5, 5.41) is 0. The Kier molecular flexibility index (Phi) is 5.74. The highest BCUT2D eigenvalue weighted by Crippen LogP contribution is 2.23. The Bertz CT molecular complexity index is 529. The minimum Gasteiger partial charge on any atom is -0.444 e. The predicted molar refractivity (Wildman–Crippen MR) is 88.1 cm³/mol. The summed E-state index contributed by atoms with van der Waals surface area (Å²) >= 11 is 0. The lowest BCUT2D eigenvalue weighted by atomic mass is 9.90. The molecule has 0 saturated carbocycles. The third-order valence-electron chi connectivity index (χ3n) is 3.93. The van der Waals surface area contributed by atoms with Gasteiger partial charge in [0.1, 0.15) is 11.4 Å². The lowest BCUT2D eigenvalue weighted by Gasteiger charge is -2.33. The van der Waals surface area contributed by atoms with Crippen molar-refractivity contribution in [1.29, 1.82) is 0 Å². The number of ketones is 1. The van der Waals surface area contributed by atoms with E-state index >= 15 is 0 Å². The molecule has 1 saturated heterocycles. The van der Waals surface area contributed by atoms with E-state index in [1.54, 1.807) is 17.3 Å². The van der Waals surface area contributed by atoms with E-state index in [0.29, 0.717) is 31.8 Å². The third-order valence-corrected chi connectivity index (χ3v) is 3.93. The number of ether oxygens (including phenoxy) is 1. The Hall–Kier alpha value is -1.91. The van der Waals surface area contributed by atoms with E-state index in [0.717, 1.165) is 18.4 Å². The van der Waals surface area contributed by atoms with E-state index in [4.69, 9.17) is 4.74 Å². The summed E-state index contributed by atoms with van der Waals surface area (Å²) in [6.07, 6.45) is 5.95. The van der Waals surface area contributed by atoms with Crippen molar-refractivity contribution in [1.82, 2.24) is 9.88 Å². The summed E-state index contributed by atoms with van der Waals surface area (Å²) in [7, 11) is 0. The Morgan fingerprint density at radius 1 is 1.22 bits per heavy atom. The molecule has 23 heavy (non-hydrogen) atoms. The van der Waals surface area contributed by atoms with Crippen LogP contribution in [0.4, 0.5) is 4.79 Å². The van der Waals surface area contributed by atoms with Gasteiger partial charge in [-0.3, -0.25) is 9.78 Å². The van der Waals surface area contributed by atoms with Gasteiger partial charge in [-0.25, -0.2) is 4.79 Å². The van der Waals surface area contributed by atoms with Gasteiger partial charge in [0.2, 0.25) is 0 Å². The highest BCUT2D eigenvalue weighted by Gasteiger charge is 2.27. The quantitative estimate of drug-likeness (QED) is 0.855. The second kappa shape index (κ2) is 7.57. The molecule has 1 fully saturated rings. The van der Waals surface area contributed by atoms with Crippen LogP contribution in [0, 0.1) is 5.92 Å². The van der Waals surface area contributed by atoms with Crippen molar-refractivity contribution in [3.05, 3.63) is 30.1 Å². The molecule has 0 bridgehead atoms. The van der Waals surface area contributed by atoms with Crippen LogP contribution in [0.15, 0.2) is 24.5 Å². The Morgan fingerprint density at radius 3 is 2.39 bits per heavy atom. The van der Waals surface area contributed by atoms with Crippen LogP contribution < -0.4 is 0 Å². The van der Waals surface area contributed by atoms with Gasteiger partial charge in [-0.05, 0) is 57.2 Å². The highest BCUT2D eigenvalue weighted by molar-refractivity contribution is 5.81. The van der Waals surface area contributed by atoms with E-state index < -0.39 is 5.60 Å². The number of carbonyl (C=O) groups excluding carboxylic acids is 2. The van der Waals surface area contributed by atoms with Gasteiger partial charge in [0.05, 0.1) is 0 Å². The van der Waals surface area contributed by atoms with Crippen molar-refractivity contribution in [2.24, 2.45) is 5.92 Å².